The van der Waals surface area contributed by atoms with Crippen LogP contribution in [0.1, 0.15) is 12.8 Å². The summed E-state index contributed by atoms with van der Waals surface area (Å²) in [6, 6.07) is 2.25. The van der Waals surface area contributed by atoms with Crippen LogP contribution >= 0.6 is 11.6 Å². The summed E-state index contributed by atoms with van der Waals surface area (Å²) in [6.45, 7) is 0.546. The minimum Gasteiger partial charge on any atom is -0.384 e. The third-order valence-corrected chi connectivity index (χ3v) is 3.67. The van der Waals surface area contributed by atoms with Crippen molar-refractivity contribution in [2.45, 2.75) is 24.0 Å². The van der Waals surface area contributed by atoms with Gasteiger partial charge in [0.1, 0.15) is 10.7 Å². The number of methoxy groups -OCH3 is 2. The van der Waals surface area contributed by atoms with Crippen LogP contribution in [0, 0.1) is 5.82 Å². The number of nitrogens with one attached hydrogen (secondary N) is 1. The number of ether oxygens (including phenoxy) is 2. The fourth-order valence-electron chi connectivity index (χ4n) is 1.62. The first-order chi connectivity index (χ1) is 9.49. The lowest BCUT2D eigenvalue weighted by atomic mass is 10.2. The van der Waals surface area contributed by atoms with Crippen molar-refractivity contribution < 1.29 is 22.6 Å². The highest BCUT2D eigenvalue weighted by atomic mass is 35.5. The minimum atomic E-state index is -2.40. The summed E-state index contributed by atoms with van der Waals surface area (Å²) in [4.78, 5) is -0.334. The largest absolute Gasteiger partial charge is 0.384 e. The summed E-state index contributed by atoms with van der Waals surface area (Å²) in [5.74, 6) is -0.774. The molecule has 0 fully saturated rings. The third kappa shape index (κ3) is 4.99. The average molecular weight is 326 g/mol. The van der Waals surface area contributed by atoms with Gasteiger partial charge in [-0.05, 0) is 25.0 Å². The number of hydrogen-bond donors (Lipinski definition) is 2. The molecule has 0 aliphatic carbocycles. The number of benzene rings is 1. The molecule has 20 heavy (non-hydrogen) atoms. The van der Waals surface area contributed by atoms with E-state index < -0.39 is 16.9 Å². The van der Waals surface area contributed by atoms with Crippen LogP contribution < -0.4 is 5.32 Å². The second-order valence-corrected chi connectivity index (χ2v) is 5.33. The maximum Gasteiger partial charge on any atom is 0.189 e. The minimum absolute atomic E-state index is 0.193. The van der Waals surface area contributed by atoms with Crippen molar-refractivity contribution >= 4 is 28.4 Å². The smallest absolute Gasteiger partial charge is 0.189 e. The Bertz CT molecular complexity index is 471. The molecule has 1 atom stereocenters. The van der Waals surface area contributed by atoms with E-state index in [1.165, 1.54) is 0 Å². The van der Waals surface area contributed by atoms with Gasteiger partial charge in [0, 0.05) is 20.8 Å². The Kier molecular flexibility index (Phi) is 7.39. The van der Waals surface area contributed by atoms with Gasteiger partial charge in [0.05, 0.1) is 10.7 Å². The molecule has 0 radical (unpaired) electrons. The average Bonchev–Trinajstić information content (AvgIpc) is 2.41. The molecule has 1 unspecified atom stereocenters. The van der Waals surface area contributed by atoms with Crippen molar-refractivity contribution in [3.8, 4) is 0 Å². The van der Waals surface area contributed by atoms with E-state index in [-0.39, 0.29) is 16.2 Å². The number of anilines is 1. The van der Waals surface area contributed by atoms with Crippen LogP contribution in [0.25, 0.3) is 0 Å². The molecule has 1 rings (SSSR count). The Balaban J connectivity index is 2.57. The molecular formula is C12H17ClFNO4S. The molecule has 0 spiro atoms. The molecule has 0 saturated heterocycles. The zero-order chi connectivity index (χ0) is 15.1. The molecule has 0 heterocycles. The Morgan fingerprint density at radius 2 is 2.10 bits per heavy atom. The summed E-state index contributed by atoms with van der Waals surface area (Å²) >= 11 is 3.52. The molecule has 0 aliphatic heterocycles. The Labute approximate surface area is 124 Å². The van der Waals surface area contributed by atoms with Crippen molar-refractivity contribution in [2.75, 3.05) is 26.1 Å². The lowest BCUT2D eigenvalue weighted by molar-refractivity contribution is -0.106. The van der Waals surface area contributed by atoms with Gasteiger partial charge < -0.3 is 19.3 Å². The predicted octanol–water partition coefficient (Wildman–Crippen LogP) is 2.87. The van der Waals surface area contributed by atoms with Crippen LogP contribution in [-0.4, -0.2) is 35.8 Å². The van der Waals surface area contributed by atoms with Gasteiger partial charge >= 0.3 is 0 Å². The van der Waals surface area contributed by atoms with Crippen LogP contribution in [0.2, 0.25) is 5.02 Å². The van der Waals surface area contributed by atoms with Crippen molar-refractivity contribution in [1.29, 1.82) is 0 Å². The molecular weight excluding hydrogens is 309 g/mol. The van der Waals surface area contributed by atoms with Crippen molar-refractivity contribution in [3.63, 3.8) is 0 Å². The summed E-state index contributed by atoms with van der Waals surface area (Å²) in [7, 11) is 3.11. The van der Waals surface area contributed by atoms with Gasteiger partial charge in [-0.25, -0.2) is 8.60 Å². The van der Waals surface area contributed by atoms with Gasteiger partial charge in [0.2, 0.25) is 0 Å². The highest BCUT2D eigenvalue weighted by Gasteiger charge is 2.12. The predicted molar refractivity (Wildman–Crippen MR) is 76.0 cm³/mol. The summed E-state index contributed by atoms with van der Waals surface area (Å²) in [5, 5.41) is 3.15. The molecule has 8 heteroatoms. The first-order valence-corrected chi connectivity index (χ1v) is 7.37. The van der Waals surface area contributed by atoms with E-state index in [9.17, 15) is 8.60 Å². The highest BCUT2D eigenvalue weighted by molar-refractivity contribution is 7.79. The van der Waals surface area contributed by atoms with E-state index in [4.69, 9.17) is 25.6 Å². The van der Waals surface area contributed by atoms with Gasteiger partial charge in [0.15, 0.2) is 17.4 Å². The first-order valence-electron chi connectivity index (χ1n) is 5.89. The first kappa shape index (κ1) is 17.3. The Hall–Kier alpha value is -0.730. The van der Waals surface area contributed by atoms with E-state index >= 15 is 0 Å². The lowest BCUT2D eigenvalue weighted by Gasteiger charge is -2.14. The summed E-state index contributed by atoms with van der Waals surface area (Å²) in [6.07, 6.45) is 1.14. The van der Waals surface area contributed by atoms with Gasteiger partial charge in [-0.1, -0.05) is 11.6 Å². The van der Waals surface area contributed by atoms with Crippen LogP contribution in [0.5, 0.6) is 0 Å². The van der Waals surface area contributed by atoms with Gasteiger partial charge in [-0.2, -0.15) is 0 Å². The zero-order valence-corrected chi connectivity index (χ0v) is 12.8. The fraction of sp³-hybridized carbons (Fsp3) is 0.500. The van der Waals surface area contributed by atoms with Crippen LogP contribution in [-0.2, 0) is 20.6 Å². The van der Waals surface area contributed by atoms with Crippen molar-refractivity contribution in [2.24, 2.45) is 0 Å². The SMILES string of the molecule is COC(CCCNc1cc(F)c(S(=O)O)cc1Cl)OC. The molecule has 1 aromatic rings. The quantitative estimate of drug-likeness (QED) is 0.437. The summed E-state index contributed by atoms with van der Waals surface area (Å²) < 4.78 is 43.3. The van der Waals surface area contributed by atoms with E-state index in [1.54, 1.807) is 14.2 Å². The highest BCUT2D eigenvalue weighted by Crippen LogP contribution is 2.27. The molecule has 2 N–H and O–H groups in total. The molecule has 0 saturated carbocycles. The number of rotatable bonds is 8. The molecule has 1 aromatic carbocycles. The lowest BCUT2D eigenvalue weighted by Crippen LogP contribution is -2.14. The topological polar surface area (TPSA) is 67.8 Å². The van der Waals surface area contributed by atoms with E-state index in [1.807, 2.05) is 0 Å². The third-order valence-electron chi connectivity index (χ3n) is 2.67. The summed E-state index contributed by atoms with van der Waals surface area (Å²) in [5.41, 5.74) is 0.379. The normalized spacial score (nSPS) is 12.7. The van der Waals surface area contributed by atoms with Crippen molar-refractivity contribution in [3.05, 3.63) is 23.0 Å². The van der Waals surface area contributed by atoms with Crippen LogP contribution in [0.3, 0.4) is 0 Å². The Morgan fingerprint density at radius 1 is 1.45 bits per heavy atom. The van der Waals surface area contributed by atoms with Gasteiger partial charge in [0.25, 0.3) is 0 Å². The maximum atomic E-state index is 13.5. The number of halogens is 2. The standard InChI is InChI=1S/C12H17ClFNO4S/c1-18-12(19-2)4-3-5-15-10-7-9(14)11(20(16)17)6-8(10)13/h6-7,12,15H,3-5H2,1-2H3,(H,16,17). The van der Waals surface area contributed by atoms with E-state index in [0.717, 1.165) is 18.6 Å². The molecule has 5 nitrogen and oxygen atoms in total. The molecule has 114 valence electrons. The second-order valence-electron chi connectivity index (χ2n) is 3.98. The second kappa shape index (κ2) is 8.53. The van der Waals surface area contributed by atoms with Crippen LogP contribution in [0.15, 0.2) is 17.0 Å². The zero-order valence-electron chi connectivity index (χ0n) is 11.2. The van der Waals surface area contributed by atoms with Gasteiger partial charge in [-0.15, -0.1) is 0 Å². The fourth-order valence-corrected chi connectivity index (χ4v) is 2.36. The van der Waals surface area contributed by atoms with E-state index in [2.05, 4.69) is 5.32 Å². The Morgan fingerprint density at radius 3 is 2.65 bits per heavy atom. The molecule has 0 aromatic heterocycles. The number of hydrogen-bond acceptors (Lipinski definition) is 4. The van der Waals surface area contributed by atoms with Crippen molar-refractivity contribution in [1.82, 2.24) is 0 Å². The van der Waals surface area contributed by atoms with Crippen LogP contribution in [0.4, 0.5) is 10.1 Å². The molecule has 0 aliphatic rings. The van der Waals surface area contributed by atoms with E-state index in [0.29, 0.717) is 18.7 Å². The van der Waals surface area contributed by atoms with Gasteiger partial charge in [-0.3, -0.25) is 0 Å². The monoisotopic (exact) mass is 325 g/mol. The molecule has 0 amide bonds. The molecule has 0 bridgehead atoms. The maximum absolute atomic E-state index is 13.5.